The first-order chi connectivity index (χ1) is 9.15. The van der Waals surface area contributed by atoms with Gasteiger partial charge in [0.15, 0.2) is 0 Å². The third kappa shape index (κ3) is 2.46. The molecule has 0 radical (unpaired) electrons. The van der Waals surface area contributed by atoms with Crippen molar-refractivity contribution in [2.45, 2.75) is 26.2 Å². The van der Waals surface area contributed by atoms with Gasteiger partial charge in [0.05, 0.1) is 13.2 Å². The van der Waals surface area contributed by atoms with Crippen LogP contribution in [0, 0.1) is 6.92 Å². The molecule has 98 valence electrons. The largest absolute Gasteiger partial charge is 0.384 e. The molecular weight excluding hydrogens is 304 g/mol. The van der Waals surface area contributed by atoms with Crippen LogP contribution in [0.2, 0.25) is 0 Å². The van der Waals surface area contributed by atoms with Crippen molar-refractivity contribution in [3.05, 3.63) is 68.7 Å². The Balaban J connectivity index is 1.99. The summed E-state index contributed by atoms with van der Waals surface area (Å²) in [5.74, 6) is 0. The van der Waals surface area contributed by atoms with Crippen LogP contribution in [-0.4, -0.2) is 5.11 Å². The molecule has 0 saturated carbocycles. The first kappa shape index (κ1) is 12.9. The number of benzene rings is 2. The number of aryl methyl sites for hydroxylation is 1. The molecule has 1 unspecified atom stereocenters. The SMILES string of the molecule is Cc1ccc(Br)cc1C(O)c1ccc2c(c1)COC2. The van der Waals surface area contributed by atoms with Crippen molar-refractivity contribution < 1.29 is 9.84 Å². The first-order valence-corrected chi connectivity index (χ1v) is 7.08. The smallest absolute Gasteiger partial charge is 0.104 e. The molecule has 2 aromatic carbocycles. The van der Waals surface area contributed by atoms with Crippen molar-refractivity contribution in [3.63, 3.8) is 0 Å². The highest BCUT2D eigenvalue weighted by molar-refractivity contribution is 9.10. The van der Waals surface area contributed by atoms with Crippen LogP contribution in [0.3, 0.4) is 0 Å². The average Bonchev–Trinajstić information content (AvgIpc) is 2.88. The van der Waals surface area contributed by atoms with E-state index >= 15 is 0 Å². The Morgan fingerprint density at radius 1 is 1.11 bits per heavy atom. The lowest BCUT2D eigenvalue weighted by atomic mass is 9.95. The molecule has 0 aromatic heterocycles. The van der Waals surface area contributed by atoms with Crippen molar-refractivity contribution >= 4 is 15.9 Å². The van der Waals surface area contributed by atoms with E-state index in [1.807, 2.05) is 43.3 Å². The number of hydrogen-bond acceptors (Lipinski definition) is 2. The van der Waals surface area contributed by atoms with Crippen LogP contribution in [0.15, 0.2) is 40.9 Å². The highest BCUT2D eigenvalue weighted by Crippen LogP contribution is 2.30. The van der Waals surface area contributed by atoms with Gasteiger partial charge in [0, 0.05) is 4.47 Å². The van der Waals surface area contributed by atoms with E-state index in [0.29, 0.717) is 13.2 Å². The minimum atomic E-state index is -0.594. The maximum Gasteiger partial charge on any atom is 0.104 e. The minimum Gasteiger partial charge on any atom is -0.384 e. The average molecular weight is 319 g/mol. The summed E-state index contributed by atoms with van der Waals surface area (Å²) in [7, 11) is 0. The van der Waals surface area contributed by atoms with E-state index in [0.717, 1.165) is 21.2 Å². The number of fused-ring (bicyclic) bond motifs is 1. The van der Waals surface area contributed by atoms with Gasteiger partial charge in [-0.3, -0.25) is 0 Å². The quantitative estimate of drug-likeness (QED) is 0.910. The van der Waals surface area contributed by atoms with Crippen LogP contribution in [0.4, 0.5) is 0 Å². The fraction of sp³-hybridized carbons (Fsp3) is 0.250. The molecule has 0 amide bonds. The summed E-state index contributed by atoms with van der Waals surface area (Å²) in [6.45, 7) is 3.34. The number of aliphatic hydroxyl groups is 1. The van der Waals surface area contributed by atoms with E-state index in [-0.39, 0.29) is 0 Å². The first-order valence-electron chi connectivity index (χ1n) is 6.29. The van der Waals surface area contributed by atoms with Gasteiger partial charge < -0.3 is 9.84 Å². The number of ether oxygens (including phenoxy) is 1. The molecule has 2 aromatic rings. The molecule has 3 rings (SSSR count). The molecule has 19 heavy (non-hydrogen) atoms. The maximum absolute atomic E-state index is 10.6. The predicted octanol–water partition coefficient (Wildman–Crippen LogP) is 3.87. The van der Waals surface area contributed by atoms with Crippen LogP contribution in [-0.2, 0) is 18.0 Å². The fourth-order valence-corrected chi connectivity index (χ4v) is 2.83. The van der Waals surface area contributed by atoms with E-state index < -0.39 is 6.10 Å². The minimum absolute atomic E-state index is 0.594. The highest BCUT2D eigenvalue weighted by atomic mass is 79.9. The van der Waals surface area contributed by atoms with Crippen molar-refractivity contribution in [2.75, 3.05) is 0 Å². The summed E-state index contributed by atoms with van der Waals surface area (Å²) >= 11 is 3.46. The summed E-state index contributed by atoms with van der Waals surface area (Å²) in [5.41, 5.74) is 5.36. The molecule has 1 aliphatic rings. The number of hydrogen-bond donors (Lipinski definition) is 1. The maximum atomic E-state index is 10.6. The summed E-state index contributed by atoms with van der Waals surface area (Å²) in [5, 5.41) is 10.6. The zero-order valence-electron chi connectivity index (χ0n) is 10.7. The summed E-state index contributed by atoms with van der Waals surface area (Å²) in [6.07, 6.45) is -0.594. The van der Waals surface area contributed by atoms with Crippen molar-refractivity contribution in [2.24, 2.45) is 0 Å². The molecule has 0 spiro atoms. The van der Waals surface area contributed by atoms with Gasteiger partial charge in [-0.25, -0.2) is 0 Å². The van der Waals surface area contributed by atoms with Gasteiger partial charge in [-0.15, -0.1) is 0 Å². The molecule has 0 aliphatic carbocycles. The zero-order valence-corrected chi connectivity index (χ0v) is 12.3. The number of halogens is 1. The van der Waals surface area contributed by atoms with Gasteiger partial charge in [-0.05, 0) is 46.9 Å². The second kappa shape index (κ2) is 5.08. The van der Waals surface area contributed by atoms with Crippen molar-refractivity contribution in [1.82, 2.24) is 0 Å². The molecule has 3 heteroatoms. The summed E-state index contributed by atoms with van der Waals surface area (Å²) < 4.78 is 6.39. The molecular formula is C16H15BrO2. The van der Waals surface area contributed by atoms with E-state index in [4.69, 9.17) is 4.74 Å². The van der Waals surface area contributed by atoms with E-state index in [1.165, 1.54) is 11.1 Å². The summed E-state index contributed by atoms with van der Waals surface area (Å²) in [4.78, 5) is 0. The number of rotatable bonds is 2. The Morgan fingerprint density at radius 2 is 1.89 bits per heavy atom. The van der Waals surface area contributed by atoms with Crippen LogP contribution in [0.1, 0.15) is 33.9 Å². The van der Waals surface area contributed by atoms with Crippen LogP contribution >= 0.6 is 15.9 Å². The second-order valence-electron chi connectivity index (χ2n) is 4.92. The Kier molecular flexibility index (Phi) is 3.44. The predicted molar refractivity (Wildman–Crippen MR) is 77.9 cm³/mol. The third-order valence-electron chi connectivity index (χ3n) is 3.60. The molecule has 1 N–H and O–H groups in total. The van der Waals surface area contributed by atoms with Crippen molar-refractivity contribution in [1.29, 1.82) is 0 Å². The standard InChI is InChI=1S/C16H15BrO2/c1-10-2-5-14(17)7-15(10)16(18)11-3-4-12-8-19-9-13(12)6-11/h2-7,16,18H,8-9H2,1H3. The topological polar surface area (TPSA) is 29.5 Å². The lowest BCUT2D eigenvalue weighted by molar-refractivity contribution is 0.134. The lowest BCUT2D eigenvalue weighted by Crippen LogP contribution is -2.03. The Bertz CT molecular complexity index is 622. The van der Waals surface area contributed by atoms with Crippen molar-refractivity contribution in [3.8, 4) is 0 Å². The van der Waals surface area contributed by atoms with Gasteiger partial charge >= 0.3 is 0 Å². The normalized spacial score (nSPS) is 15.3. The van der Waals surface area contributed by atoms with Crippen LogP contribution < -0.4 is 0 Å². The third-order valence-corrected chi connectivity index (χ3v) is 4.09. The molecule has 0 fully saturated rings. The van der Waals surface area contributed by atoms with Gasteiger partial charge in [-0.1, -0.05) is 40.2 Å². The lowest BCUT2D eigenvalue weighted by Gasteiger charge is -2.15. The zero-order chi connectivity index (χ0) is 13.4. The second-order valence-corrected chi connectivity index (χ2v) is 5.84. The molecule has 2 nitrogen and oxygen atoms in total. The van der Waals surface area contributed by atoms with Gasteiger partial charge in [0.25, 0.3) is 0 Å². The van der Waals surface area contributed by atoms with Crippen LogP contribution in [0.5, 0.6) is 0 Å². The van der Waals surface area contributed by atoms with E-state index in [2.05, 4.69) is 15.9 Å². The molecule has 1 atom stereocenters. The molecule has 1 aliphatic heterocycles. The Labute approximate surface area is 121 Å². The van der Waals surface area contributed by atoms with Gasteiger partial charge in [-0.2, -0.15) is 0 Å². The highest BCUT2D eigenvalue weighted by Gasteiger charge is 2.17. The fourth-order valence-electron chi connectivity index (χ4n) is 2.45. The van der Waals surface area contributed by atoms with Gasteiger partial charge in [0.2, 0.25) is 0 Å². The molecule has 0 bridgehead atoms. The monoisotopic (exact) mass is 318 g/mol. The Hall–Kier alpha value is -1.16. The van der Waals surface area contributed by atoms with Crippen LogP contribution in [0.25, 0.3) is 0 Å². The van der Waals surface area contributed by atoms with Gasteiger partial charge in [0.1, 0.15) is 6.10 Å². The number of aliphatic hydroxyl groups excluding tert-OH is 1. The Morgan fingerprint density at radius 3 is 2.74 bits per heavy atom. The molecule has 1 heterocycles. The molecule has 0 saturated heterocycles. The van der Waals surface area contributed by atoms with E-state index in [9.17, 15) is 5.11 Å². The van der Waals surface area contributed by atoms with E-state index in [1.54, 1.807) is 0 Å². The summed E-state index contributed by atoms with van der Waals surface area (Å²) in [6, 6.07) is 12.1.